The van der Waals surface area contributed by atoms with Crippen molar-refractivity contribution in [2.75, 3.05) is 16.7 Å². The summed E-state index contributed by atoms with van der Waals surface area (Å²) in [5.74, 6) is -7.57. The molecule has 1 unspecified atom stereocenters. The number of urea groups is 1. The molecule has 0 aromatic heterocycles. The Morgan fingerprint density at radius 3 is 2.17 bits per heavy atom. The van der Waals surface area contributed by atoms with Gasteiger partial charge in [0.25, 0.3) is 21.8 Å². The molecule has 2 aliphatic rings. The van der Waals surface area contributed by atoms with Crippen molar-refractivity contribution in [1.82, 2.24) is 10.6 Å². The number of benzene rings is 3. The largest absolute Gasteiger partial charge is 0.506 e. The summed E-state index contributed by atoms with van der Waals surface area (Å²) in [6.45, 7) is 5.32. The van der Waals surface area contributed by atoms with Crippen LogP contribution in [0.25, 0.3) is 0 Å². The number of rotatable bonds is 10. The molecule has 4 N–H and O–H groups in total. The minimum absolute atomic E-state index is 0.182. The number of aliphatic imine (C=N–C) groups is 1. The maximum Gasteiger partial charge on any atom is 0.506 e. The van der Waals surface area contributed by atoms with Crippen LogP contribution in [0.15, 0.2) is 82.8 Å². The lowest BCUT2D eigenvalue weighted by Gasteiger charge is -2.24. The number of carboxylic acid groups (broad SMARTS) is 1. The molecule has 5 rings (SSSR count). The van der Waals surface area contributed by atoms with Gasteiger partial charge in [0.1, 0.15) is 40.6 Å². The molecule has 52 heavy (non-hydrogen) atoms. The van der Waals surface area contributed by atoms with Crippen molar-refractivity contribution in [3.8, 4) is 0 Å². The van der Waals surface area contributed by atoms with E-state index in [1.807, 2.05) is 4.72 Å². The van der Waals surface area contributed by atoms with Gasteiger partial charge in [-0.25, -0.2) is 26.8 Å². The molecule has 270 valence electrons. The Morgan fingerprint density at radius 1 is 0.981 bits per heavy atom. The molecule has 0 saturated carbocycles. The first-order valence-corrected chi connectivity index (χ1v) is 17.1. The predicted octanol–water partition coefficient (Wildman–Crippen LogP) is 3.48. The number of hydrogen-bond acceptors (Lipinski definition) is 8. The molecule has 2 atom stereocenters. The highest BCUT2D eigenvalue weighted by Crippen LogP contribution is 2.26. The Labute approximate surface area is 296 Å². The summed E-state index contributed by atoms with van der Waals surface area (Å²) in [7, 11) is -2.89. The summed E-state index contributed by atoms with van der Waals surface area (Å²) in [5.41, 5.74) is -1.10. The van der Waals surface area contributed by atoms with E-state index in [0.29, 0.717) is 23.4 Å². The average Bonchev–Trinajstić information content (AvgIpc) is 3.06. The fourth-order valence-electron chi connectivity index (χ4n) is 5.38. The van der Waals surface area contributed by atoms with E-state index in [1.54, 1.807) is 26.8 Å². The molecule has 3 aromatic carbocycles. The zero-order chi connectivity index (χ0) is 38.1. The van der Waals surface area contributed by atoms with Crippen LogP contribution < -0.4 is 20.3 Å². The maximum absolute atomic E-state index is 15.1. The fraction of sp³-hybridized carbons (Fsp3) is 0.229. The Bertz CT molecular complexity index is 2170. The van der Waals surface area contributed by atoms with E-state index in [2.05, 4.69) is 15.6 Å². The third-order valence-corrected chi connectivity index (χ3v) is 9.31. The summed E-state index contributed by atoms with van der Waals surface area (Å²) >= 11 is 0. The minimum Gasteiger partial charge on any atom is -0.480 e. The minimum atomic E-state index is -4.39. The van der Waals surface area contributed by atoms with Gasteiger partial charge in [-0.1, -0.05) is 12.1 Å². The first kappa shape index (κ1) is 37.2. The van der Waals surface area contributed by atoms with Gasteiger partial charge in [-0.2, -0.15) is 9.37 Å². The highest BCUT2D eigenvalue weighted by atomic mass is 32.2. The molecule has 3 aromatic rings. The van der Waals surface area contributed by atoms with Crippen molar-refractivity contribution in [2.24, 2.45) is 10.9 Å². The average molecular weight is 736 g/mol. The third kappa shape index (κ3) is 7.94. The number of hydrogen-bond donors (Lipinski definition) is 4. The fourth-order valence-corrected chi connectivity index (χ4v) is 6.42. The molecule has 0 aliphatic carbocycles. The number of nitrogens with one attached hydrogen (secondary N) is 3. The van der Waals surface area contributed by atoms with E-state index in [-0.39, 0.29) is 22.6 Å². The molecule has 17 heteroatoms. The number of carboxylic acids is 1. The second-order valence-electron chi connectivity index (χ2n) is 12.9. The standard InChI is InChI=1S/C35H32F2N6O8S/c1-35(2,3)40-30(44)20-7-11-23(12-8-20)52(50,51)41-21-16-25(36)29(26(37)17-21)31(45)39-27(33(47)48)15-19-5-9-22(10-6-19)43-32(46)24-13-14-38-18-28(24)42(4)34(43)49/h5-14,16-18,24,27H,15H2,1-4H3,(H3-,39,40,41,44,45,47,48)/p+1/t24?,27-/m0/s1. The maximum atomic E-state index is 15.1. The van der Waals surface area contributed by atoms with Gasteiger partial charge in [0.05, 0.1) is 23.8 Å². The zero-order valence-corrected chi connectivity index (χ0v) is 29.0. The van der Waals surface area contributed by atoms with E-state index in [0.717, 1.165) is 17.0 Å². The lowest BCUT2D eigenvalue weighted by Crippen LogP contribution is -2.54. The van der Waals surface area contributed by atoms with Gasteiger partial charge in [-0.05, 0) is 80.9 Å². The van der Waals surface area contributed by atoms with Crippen molar-refractivity contribution in [2.45, 2.75) is 43.7 Å². The van der Waals surface area contributed by atoms with Crippen molar-refractivity contribution in [3.63, 3.8) is 0 Å². The van der Waals surface area contributed by atoms with Crippen LogP contribution in [0.5, 0.6) is 0 Å². The highest BCUT2D eigenvalue weighted by Gasteiger charge is 2.47. The third-order valence-electron chi connectivity index (χ3n) is 7.92. The molecule has 0 spiro atoms. The molecular weight excluding hydrogens is 702 g/mol. The van der Waals surface area contributed by atoms with Gasteiger partial charge in [0.15, 0.2) is 0 Å². The number of carbonyl (C=O) groups excluding carboxylic acids is 4. The molecular formula is C35H33F2N6O8S+. The van der Waals surface area contributed by atoms with Crippen molar-refractivity contribution >= 4 is 63.0 Å². The Morgan fingerprint density at radius 2 is 1.60 bits per heavy atom. The van der Waals surface area contributed by atoms with Crippen molar-refractivity contribution < 1.29 is 50.9 Å². The van der Waals surface area contributed by atoms with Crippen LogP contribution >= 0.6 is 0 Å². The van der Waals surface area contributed by atoms with Gasteiger partial charge in [-0.15, -0.1) is 4.90 Å². The number of anilines is 2. The van der Waals surface area contributed by atoms with Crippen molar-refractivity contribution in [3.05, 3.63) is 101 Å². The number of imide groups is 1. The summed E-state index contributed by atoms with van der Waals surface area (Å²) in [5, 5.41) is 14.6. The SMILES string of the molecule is C[N+]1=C2C=NC=CC2C(=O)N(c2ccc(C[C@H](NC(=O)c3c(F)cc(NS(=O)(=O)c4ccc(C(=O)NC(C)(C)C)cc4)cc3F)C(=O)O)cc2)C1=O. The number of sulfonamides is 1. The molecule has 5 amide bonds. The van der Waals surface area contributed by atoms with Gasteiger partial charge in [-0.3, -0.25) is 19.3 Å². The summed E-state index contributed by atoms with van der Waals surface area (Å²) in [6.07, 6.45) is 4.08. The van der Waals surface area contributed by atoms with Crippen LogP contribution in [-0.4, -0.2) is 78.4 Å². The molecule has 14 nitrogen and oxygen atoms in total. The first-order chi connectivity index (χ1) is 24.4. The van der Waals surface area contributed by atoms with E-state index < -0.39 is 80.1 Å². The van der Waals surface area contributed by atoms with Gasteiger partial charge < -0.3 is 15.7 Å². The quantitative estimate of drug-likeness (QED) is 0.227. The number of fused-ring (bicyclic) bond motifs is 1. The summed E-state index contributed by atoms with van der Waals surface area (Å²) < 4.78 is 59.3. The Hall–Kier alpha value is -6.10. The molecule has 0 radical (unpaired) electrons. The first-order valence-electron chi connectivity index (χ1n) is 15.6. The van der Waals surface area contributed by atoms with E-state index in [1.165, 1.54) is 60.4 Å². The van der Waals surface area contributed by atoms with Gasteiger partial charge >= 0.3 is 17.9 Å². The second-order valence-corrected chi connectivity index (χ2v) is 14.6. The molecule has 0 bridgehead atoms. The predicted molar refractivity (Wildman–Crippen MR) is 185 cm³/mol. The normalized spacial score (nSPS) is 16.3. The molecule has 2 aliphatic heterocycles. The second kappa shape index (κ2) is 14.3. The Kier molecular flexibility index (Phi) is 10.2. The van der Waals surface area contributed by atoms with E-state index in [4.69, 9.17) is 0 Å². The smallest absolute Gasteiger partial charge is 0.480 e. The number of halogens is 2. The Balaban J connectivity index is 1.27. The number of carbonyl (C=O) groups is 5. The topological polar surface area (TPSA) is 194 Å². The number of nitrogens with zero attached hydrogens (tertiary/aromatic N) is 3. The molecule has 0 saturated heterocycles. The van der Waals surface area contributed by atoms with Crippen LogP contribution in [0.2, 0.25) is 0 Å². The van der Waals surface area contributed by atoms with Crippen LogP contribution in [0.3, 0.4) is 0 Å². The lowest BCUT2D eigenvalue weighted by atomic mass is 9.97. The molecule has 2 heterocycles. The van der Waals surface area contributed by atoms with Crippen LogP contribution in [-0.2, 0) is 26.0 Å². The molecule has 0 fully saturated rings. The van der Waals surface area contributed by atoms with Gasteiger partial charge in [0, 0.05) is 23.7 Å². The van der Waals surface area contributed by atoms with Crippen LogP contribution in [0, 0.1) is 17.6 Å². The van der Waals surface area contributed by atoms with E-state index in [9.17, 15) is 37.5 Å². The zero-order valence-electron chi connectivity index (χ0n) is 28.2. The summed E-state index contributed by atoms with van der Waals surface area (Å²) in [6, 6.07) is 9.35. The summed E-state index contributed by atoms with van der Waals surface area (Å²) in [4.78, 5) is 68.0. The van der Waals surface area contributed by atoms with Crippen LogP contribution in [0.1, 0.15) is 47.1 Å². The highest BCUT2D eigenvalue weighted by molar-refractivity contribution is 7.92. The number of amides is 5. The monoisotopic (exact) mass is 735 g/mol. The van der Waals surface area contributed by atoms with E-state index >= 15 is 8.78 Å². The lowest BCUT2D eigenvalue weighted by molar-refractivity contribution is -0.392. The van der Waals surface area contributed by atoms with Crippen molar-refractivity contribution in [1.29, 1.82) is 0 Å². The number of aliphatic carboxylic acids is 1. The van der Waals surface area contributed by atoms with Crippen LogP contribution in [0.4, 0.5) is 25.0 Å². The van der Waals surface area contributed by atoms with Gasteiger partial charge in [0.2, 0.25) is 0 Å².